The summed E-state index contributed by atoms with van der Waals surface area (Å²) >= 11 is 3.21. The molecule has 0 spiro atoms. The Labute approximate surface area is 131 Å². The summed E-state index contributed by atoms with van der Waals surface area (Å²) in [6, 6.07) is 4.55. The molecule has 0 heterocycles. The summed E-state index contributed by atoms with van der Waals surface area (Å²) in [4.78, 5) is 14.1. The Morgan fingerprint density at radius 1 is 1.30 bits per heavy atom. The van der Waals surface area contributed by atoms with Gasteiger partial charge in [0.05, 0.1) is 4.90 Å². The highest BCUT2D eigenvalue weighted by molar-refractivity contribution is 9.10. The Kier molecular flexibility index (Phi) is 4.76. The van der Waals surface area contributed by atoms with Gasteiger partial charge in [0.15, 0.2) is 0 Å². The van der Waals surface area contributed by atoms with Crippen molar-refractivity contribution in [3.05, 3.63) is 28.2 Å². The molecule has 0 N–H and O–H groups in total. The van der Waals surface area contributed by atoms with Crippen LogP contribution in [0.5, 0.6) is 0 Å². The van der Waals surface area contributed by atoms with E-state index in [1.165, 1.54) is 12.1 Å². The van der Waals surface area contributed by atoms with E-state index in [1.807, 2.05) is 0 Å². The normalized spacial score (nSPS) is 16.4. The van der Waals surface area contributed by atoms with Gasteiger partial charge in [-0.3, -0.25) is 4.79 Å². The summed E-state index contributed by atoms with van der Waals surface area (Å²) in [5, 5.41) is 0. The van der Waals surface area contributed by atoms with Crippen molar-refractivity contribution in [3.8, 4) is 0 Å². The van der Waals surface area contributed by atoms with Crippen molar-refractivity contribution in [1.82, 2.24) is 4.90 Å². The van der Waals surface area contributed by atoms with Crippen molar-refractivity contribution in [2.24, 2.45) is 0 Å². The second kappa shape index (κ2) is 6.03. The lowest BCUT2D eigenvalue weighted by molar-refractivity contribution is 0.0735. The number of carbonyl (C=O) groups is 1. The standard InChI is InChI=1S/C13H15BrClNO3S/c1-16(11-4-2-3-5-11)13(17)9-6-10(14)8-12(7-9)20(15,18)19/h6-8,11H,2-5H2,1H3. The van der Waals surface area contributed by atoms with Crippen molar-refractivity contribution in [2.75, 3.05) is 7.05 Å². The smallest absolute Gasteiger partial charge is 0.261 e. The van der Waals surface area contributed by atoms with Crippen molar-refractivity contribution in [3.63, 3.8) is 0 Å². The maximum Gasteiger partial charge on any atom is 0.261 e. The monoisotopic (exact) mass is 379 g/mol. The number of amides is 1. The summed E-state index contributed by atoms with van der Waals surface area (Å²) < 4.78 is 23.3. The van der Waals surface area contributed by atoms with Gasteiger partial charge in [-0.2, -0.15) is 0 Å². The molecule has 0 aromatic heterocycles. The molecule has 1 fully saturated rings. The summed E-state index contributed by atoms with van der Waals surface area (Å²) in [5.74, 6) is -0.181. The lowest BCUT2D eigenvalue weighted by Crippen LogP contribution is -2.35. The molecule has 110 valence electrons. The summed E-state index contributed by atoms with van der Waals surface area (Å²) in [7, 11) is 3.24. The fourth-order valence-electron chi connectivity index (χ4n) is 2.49. The maximum atomic E-state index is 12.4. The van der Waals surface area contributed by atoms with Crippen LogP contribution in [0, 0.1) is 0 Å². The zero-order valence-corrected chi connectivity index (χ0v) is 14.1. The Hall–Kier alpha value is -0.590. The first-order chi connectivity index (χ1) is 9.29. The molecule has 4 nitrogen and oxygen atoms in total. The molecular weight excluding hydrogens is 366 g/mol. The van der Waals surface area contributed by atoms with Gasteiger partial charge in [0.1, 0.15) is 0 Å². The minimum absolute atomic E-state index is 0.0725. The number of rotatable bonds is 3. The number of halogens is 2. The molecule has 1 aliphatic carbocycles. The van der Waals surface area contributed by atoms with Gasteiger partial charge in [-0.15, -0.1) is 0 Å². The largest absolute Gasteiger partial charge is 0.339 e. The lowest BCUT2D eigenvalue weighted by atomic mass is 10.1. The first-order valence-electron chi connectivity index (χ1n) is 6.31. The predicted octanol–water partition coefficient (Wildman–Crippen LogP) is 3.39. The third-order valence-electron chi connectivity index (χ3n) is 3.59. The van der Waals surface area contributed by atoms with Crippen molar-refractivity contribution >= 4 is 41.6 Å². The zero-order valence-electron chi connectivity index (χ0n) is 11.0. The molecule has 20 heavy (non-hydrogen) atoms. The predicted molar refractivity (Wildman–Crippen MR) is 81.5 cm³/mol. The third-order valence-corrected chi connectivity index (χ3v) is 5.38. The van der Waals surface area contributed by atoms with Crippen LogP contribution in [-0.2, 0) is 9.05 Å². The molecule has 0 saturated heterocycles. The quantitative estimate of drug-likeness (QED) is 0.755. The van der Waals surface area contributed by atoms with Crippen LogP contribution in [0.3, 0.4) is 0 Å². The second-order valence-corrected chi connectivity index (χ2v) is 8.45. The molecule has 2 rings (SSSR count). The molecule has 0 aliphatic heterocycles. The minimum Gasteiger partial charge on any atom is -0.339 e. The number of hydrogen-bond donors (Lipinski definition) is 0. The maximum absolute atomic E-state index is 12.4. The fraction of sp³-hybridized carbons (Fsp3) is 0.462. The van der Waals surface area contributed by atoms with E-state index in [2.05, 4.69) is 15.9 Å². The van der Waals surface area contributed by atoms with Gasteiger partial charge in [-0.05, 0) is 31.0 Å². The van der Waals surface area contributed by atoms with E-state index in [0.29, 0.717) is 10.0 Å². The van der Waals surface area contributed by atoms with E-state index >= 15 is 0 Å². The molecule has 0 atom stereocenters. The number of benzene rings is 1. The summed E-state index contributed by atoms with van der Waals surface area (Å²) in [6.07, 6.45) is 4.25. The molecule has 1 aromatic rings. The van der Waals surface area contributed by atoms with E-state index < -0.39 is 9.05 Å². The topological polar surface area (TPSA) is 54.5 Å². The Morgan fingerprint density at radius 2 is 1.90 bits per heavy atom. The third kappa shape index (κ3) is 3.54. The van der Waals surface area contributed by atoms with Crippen LogP contribution in [0.1, 0.15) is 36.0 Å². The number of carbonyl (C=O) groups excluding carboxylic acids is 1. The molecular formula is C13H15BrClNO3S. The van der Waals surface area contributed by atoms with Gasteiger partial charge in [-0.25, -0.2) is 8.42 Å². The van der Waals surface area contributed by atoms with Gasteiger partial charge in [0.25, 0.3) is 15.0 Å². The first kappa shape index (κ1) is 15.8. The van der Waals surface area contributed by atoms with Crippen LogP contribution in [0.25, 0.3) is 0 Å². The van der Waals surface area contributed by atoms with Crippen molar-refractivity contribution in [1.29, 1.82) is 0 Å². The SMILES string of the molecule is CN(C(=O)c1cc(Br)cc(S(=O)(=O)Cl)c1)C1CCCC1. The highest BCUT2D eigenvalue weighted by Gasteiger charge is 2.25. The average Bonchev–Trinajstić information content (AvgIpc) is 2.89. The molecule has 1 amide bonds. The zero-order chi connectivity index (χ0) is 14.9. The van der Waals surface area contributed by atoms with Gasteiger partial charge >= 0.3 is 0 Å². The molecule has 0 bridgehead atoms. The lowest BCUT2D eigenvalue weighted by Gasteiger charge is -2.24. The van der Waals surface area contributed by atoms with E-state index in [-0.39, 0.29) is 16.8 Å². The number of hydrogen-bond acceptors (Lipinski definition) is 3. The van der Waals surface area contributed by atoms with Crippen molar-refractivity contribution < 1.29 is 13.2 Å². The summed E-state index contributed by atoms with van der Waals surface area (Å²) in [5.41, 5.74) is 0.327. The van der Waals surface area contributed by atoms with E-state index in [4.69, 9.17) is 10.7 Å². The van der Waals surface area contributed by atoms with Gasteiger partial charge in [-0.1, -0.05) is 28.8 Å². The average molecular weight is 381 g/mol. The van der Waals surface area contributed by atoms with Crippen LogP contribution in [0.15, 0.2) is 27.6 Å². The van der Waals surface area contributed by atoms with E-state index in [1.54, 1.807) is 18.0 Å². The molecule has 0 unspecified atom stereocenters. The molecule has 0 radical (unpaired) electrons. The van der Waals surface area contributed by atoms with Gasteiger partial charge in [0.2, 0.25) is 0 Å². The van der Waals surface area contributed by atoms with E-state index in [0.717, 1.165) is 25.7 Å². The van der Waals surface area contributed by atoms with Crippen LogP contribution in [0.4, 0.5) is 0 Å². The number of nitrogens with zero attached hydrogens (tertiary/aromatic N) is 1. The summed E-state index contributed by atoms with van der Waals surface area (Å²) in [6.45, 7) is 0. The van der Waals surface area contributed by atoms with E-state index in [9.17, 15) is 13.2 Å². The Bertz CT molecular complexity index is 627. The minimum atomic E-state index is -3.85. The van der Waals surface area contributed by atoms with Gasteiger partial charge in [0, 0.05) is 33.8 Å². The van der Waals surface area contributed by atoms with Crippen LogP contribution >= 0.6 is 26.6 Å². The molecule has 7 heteroatoms. The van der Waals surface area contributed by atoms with Crippen LogP contribution < -0.4 is 0 Å². The van der Waals surface area contributed by atoms with Crippen molar-refractivity contribution in [2.45, 2.75) is 36.6 Å². The first-order valence-corrected chi connectivity index (χ1v) is 9.41. The second-order valence-electron chi connectivity index (χ2n) is 4.97. The molecule has 1 aromatic carbocycles. The Morgan fingerprint density at radius 3 is 2.45 bits per heavy atom. The molecule has 1 saturated carbocycles. The Balaban J connectivity index is 2.32. The highest BCUT2D eigenvalue weighted by Crippen LogP contribution is 2.26. The fourth-order valence-corrected chi connectivity index (χ4v) is 3.94. The van der Waals surface area contributed by atoms with Crippen LogP contribution in [0.2, 0.25) is 0 Å². The van der Waals surface area contributed by atoms with Crippen LogP contribution in [-0.4, -0.2) is 32.3 Å². The molecule has 1 aliphatic rings. The van der Waals surface area contributed by atoms with Gasteiger partial charge < -0.3 is 4.90 Å². The highest BCUT2D eigenvalue weighted by atomic mass is 79.9.